The first-order valence-corrected chi connectivity index (χ1v) is 11.3. The number of ether oxygens (including phenoxy) is 2. The van der Waals surface area contributed by atoms with Crippen LogP contribution in [-0.4, -0.2) is 23.3 Å². The van der Waals surface area contributed by atoms with Crippen LogP contribution in [0.1, 0.15) is 27.0 Å². The van der Waals surface area contributed by atoms with Crippen molar-refractivity contribution < 1.29 is 19.1 Å². The van der Waals surface area contributed by atoms with Gasteiger partial charge in [0, 0.05) is 40.7 Å². The Kier molecular flexibility index (Phi) is 8.09. The van der Waals surface area contributed by atoms with E-state index in [1.807, 2.05) is 36.4 Å². The molecule has 1 N–H and O–H groups in total. The summed E-state index contributed by atoms with van der Waals surface area (Å²) in [5, 5.41) is 3.40. The summed E-state index contributed by atoms with van der Waals surface area (Å²) in [4.78, 5) is 28.8. The highest BCUT2D eigenvalue weighted by atomic mass is 35.5. The fourth-order valence-corrected chi connectivity index (χ4v) is 3.35. The summed E-state index contributed by atoms with van der Waals surface area (Å²) in [6, 6.07) is 24.7. The number of carbonyl (C=O) groups is 2. The van der Waals surface area contributed by atoms with Crippen molar-refractivity contribution in [1.82, 2.24) is 10.3 Å². The van der Waals surface area contributed by atoms with Crippen LogP contribution in [-0.2, 0) is 17.9 Å². The summed E-state index contributed by atoms with van der Waals surface area (Å²) < 4.78 is 11.3. The summed E-state index contributed by atoms with van der Waals surface area (Å²) in [5.41, 5.74) is 3.01. The van der Waals surface area contributed by atoms with E-state index in [9.17, 15) is 9.59 Å². The Bertz CT molecular complexity index is 1260. The van der Waals surface area contributed by atoms with Crippen molar-refractivity contribution in [3.05, 3.63) is 125 Å². The first-order valence-electron chi connectivity index (χ1n) is 11.0. The Balaban J connectivity index is 1.20. The van der Waals surface area contributed by atoms with Gasteiger partial charge in [-0.2, -0.15) is 0 Å². The third-order valence-electron chi connectivity index (χ3n) is 5.13. The molecule has 0 bridgehead atoms. The molecule has 0 atom stereocenters. The van der Waals surface area contributed by atoms with Crippen molar-refractivity contribution >= 4 is 23.3 Å². The minimum Gasteiger partial charge on any atom is -0.489 e. The Hall–Kier alpha value is -4.16. The van der Waals surface area contributed by atoms with Gasteiger partial charge in [0.25, 0.3) is 5.91 Å². The molecule has 1 aromatic heterocycles. The van der Waals surface area contributed by atoms with Gasteiger partial charge in [-0.05, 0) is 72.3 Å². The number of hydrogen-bond acceptors (Lipinski definition) is 5. The number of ketones is 1. The van der Waals surface area contributed by atoms with Gasteiger partial charge in [-0.15, -0.1) is 0 Å². The van der Waals surface area contributed by atoms with E-state index in [0.29, 0.717) is 35.1 Å². The van der Waals surface area contributed by atoms with Crippen LogP contribution in [0.5, 0.6) is 11.5 Å². The molecule has 7 heteroatoms. The summed E-state index contributed by atoms with van der Waals surface area (Å²) in [6.45, 7) is 0.688. The highest BCUT2D eigenvalue weighted by Crippen LogP contribution is 2.17. The average molecular weight is 487 g/mol. The lowest BCUT2D eigenvalue weighted by molar-refractivity contribution is -0.123. The molecule has 0 aliphatic carbocycles. The minimum atomic E-state index is -0.247. The minimum absolute atomic E-state index is 0.112. The van der Waals surface area contributed by atoms with Gasteiger partial charge < -0.3 is 14.8 Å². The Morgan fingerprint density at radius 2 is 1.40 bits per heavy atom. The van der Waals surface area contributed by atoms with Crippen LogP contribution in [0.4, 0.5) is 0 Å². The number of halogens is 1. The van der Waals surface area contributed by atoms with E-state index >= 15 is 0 Å². The van der Waals surface area contributed by atoms with Crippen LogP contribution in [0.2, 0.25) is 5.02 Å². The highest BCUT2D eigenvalue weighted by molar-refractivity contribution is 6.30. The number of amides is 1. The topological polar surface area (TPSA) is 77.5 Å². The molecule has 6 nitrogen and oxygen atoms in total. The van der Waals surface area contributed by atoms with Gasteiger partial charge in [0.2, 0.25) is 0 Å². The van der Waals surface area contributed by atoms with E-state index in [2.05, 4.69) is 10.3 Å². The molecule has 0 aliphatic heterocycles. The molecule has 0 fully saturated rings. The molecular weight excluding hydrogens is 464 g/mol. The van der Waals surface area contributed by atoms with E-state index in [0.717, 1.165) is 16.9 Å². The Morgan fingerprint density at radius 1 is 0.771 bits per heavy atom. The van der Waals surface area contributed by atoms with Gasteiger partial charge in [-0.3, -0.25) is 14.6 Å². The van der Waals surface area contributed by atoms with Crippen molar-refractivity contribution in [3.8, 4) is 11.5 Å². The zero-order chi connectivity index (χ0) is 24.5. The molecule has 0 radical (unpaired) electrons. The fraction of sp³-hybridized carbons (Fsp3) is 0.107. The van der Waals surface area contributed by atoms with Gasteiger partial charge in [0.15, 0.2) is 12.4 Å². The Morgan fingerprint density at radius 3 is 2.06 bits per heavy atom. The first kappa shape index (κ1) is 24.0. The standard InChI is InChI=1S/C28H23ClN2O4/c29-24-9-5-22(6-10-24)28(33)23-7-13-26(14-8-23)35-19-27(32)31-17-20-3-11-25(12-4-20)34-18-21-2-1-15-30-16-21/h1-16H,17-19H2,(H,31,32). The van der Waals surface area contributed by atoms with Crippen molar-refractivity contribution in [2.24, 2.45) is 0 Å². The van der Waals surface area contributed by atoms with Crippen LogP contribution in [0.15, 0.2) is 97.3 Å². The van der Waals surface area contributed by atoms with Gasteiger partial charge in [0.1, 0.15) is 18.1 Å². The highest BCUT2D eigenvalue weighted by Gasteiger charge is 2.10. The molecule has 0 aliphatic rings. The van der Waals surface area contributed by atoms with Crippen molar-refractivity contribution in [1.29, 1.82) is 0 Å². The molecule has 3 aromatic carbocycles. The van der Waals surface area contributed by atoms with E-state index < -0.39 is 0 Å². The van der Waals surface area contributed by atoms with Crippen LogP contribution in [0.25, 0.3) is 0 Å². The third kappa shape index (κ3) is 7.16. The maximum absolute atomic E-state index is 12.5. The number of nitrogens with one attached hydrogen (secondary N) is 1. The summed E-state index contributed by atoms with van der Waals surface area (Å²) in [5.74, 6) is 0.885. The quantitative estimate of drug-likeness (QED) is 0.310. The zero-order valence-corrected chi connectivity index (χ0v) is 19.6. The molecule has 4 rings (SSSR count). The largest absolute Gasteiger partial charge is 0.489 e. The van der Waals surface area contributed by atoms with E-state index in [4.69, 9.17) is 21.1 Å². The predicted octanol–water partition coefficient (Wildman–Crippen LogP) is 5.24. The molecule has 4 aromatic rings. The molecule has 1 amide bonds. The molecule has 0 saturated heterocycles. The van der Waals surface area contributed by atoms with Crippen LogP contribution >= 0.6 is 11.6 Å². The molecule has 176 valence electrons. The number of hydrogen-bond donors (Lipinski definition) is 1. The second kappa shape index (κ2) is 11.8. The molecule has 0 spiro atoms. The molecular formula is C28H23ClN2O4. The lowest BCUT2D eigenvalue weighted by Crippen LogP contribution is -2.28. The van der Waals surface area contributed by atoms with E-state index in [1.165, 1.54) is 0 Å². The van der Waals surface area contributed by atoms with Gasteiger partial charge in [0.05, 0.1) is 0 Å². The average Bonchev–Trinajstić information content (AvgIpc) is 2.91. The smallest absolute Gasteiger partial charge is 0.258 e. The maximum atomic E-state index is 12.5. The monoisotopic (exact) mass is 486 g/mol. The van der Waals surface area contributed by atoms with E-state index in [-0.39, 0.29) is 18.3 Å². The summed E-state index contributed by atoms with van der Waals surface area (Å²) in [6.07, 6.45) is 3.49. The second-order valence-electron chi connectivity index (χ2n) is 7.72. The predicted molar refractivity (Wildman–Crippen MR) is 134 cm³/mol. The zero-order valence-electron chi connectivity index (χ0n) is 18.8. The van der Waals surface area contributed by atoms with Crippen molar-refractivity contribution in [2.75, 3.05) is 6.61 Å². The van der Waals surface area contributed by atoms with Crippen molar-refractivity contribution in [2.45, 2.75) is 13.2 Å². The van der Waals surface area contributed by atoms with E-state index in [1.54, 1.807) is 60.9 Å². The maximum Gasteiger partial charge on any atom is 0.258 e. The molecule has 1 heterocycles. The lowest BCUT2D eigenvalue weighted by Gasteiger charge is -2.09. The number of carbonyl (C=O) groups excluding carboxylic acids is 2. The summed E-state index contributed by atoms with van der Waals surface area (Å²) >= 11 is 5.87. The summed E-state index contributed by atoms with van der Waals surface area (Å²) in [7, 11) is 0. The normalized spacial score (nSPS) is 10.4. The second-order valence-corrected chi connectivity index (χ2v) is 8.16. The fourth-order valence-electron chi connectivity index (χ4n) is 3.22. The number of rotatable bonds is 10. The van der Waals surface area contributed by atoms with Crippen LogP contribution < -0.4 is 14.8 Å². The number of nitrogens with zero attached hydrogens (tertiary/aromatic N) is 1. The number of benzene rings is 3. The van der Waals surface area contributed by atoms with Gasteiger partial charge >= 0.3 is 0 Å². The molecule has 35 heavy (non-hydrogen) atoms. The van der Waals surface area contributed by atoms with Crippen molar-refractivity contribution in [3.63, 3.8) is 0 Å². The van der Waals surface area contributed by atoms with Gasteiger partial charge in [-0.1, -0.05) is 29.8 Å². The Labute approximate surface area is 208 Å². The number of pyridine rings is 1. The SMILES string of the molecule is O=C(COc1ccc(C(=O)c2ccc(Cl)cc2)cc1)NCc1ccc(OCc2cccnc2)cc1. The van der Waals surface area contributed by atoms with Crippen LogP contribution in [0, 0.1) is 0 Å². The molecule has 0 saturated carbocycles. The number of aromatic nitrogens is 1. The third-order valence-corrected chi connectivity index (χ3v) is 5.39. The first-order chi connectivity index (χ1) is 17.1. The van der Waals surface area contributed by atoms with Crippen LogP contribution in [0.3, 0.4) is 0 Å². The molecule has 0 unspecified atom stereocenters. The lowest BCUT2D eigenvalue weighted by atomic mass is 10.0. The van der Waals surface area contributed by atoms with Gasteiger partial charge in [-0.25, -0.2) is 0 Å².